The fourth-order valence-corrected chi connectivity index (χ4v) is 1.42. The summed E-state index contributed by atoms with van der Waals surface area (Å²) in [7, 11) is 0. The van der Waals surface area contributed by atoms with Crippen LogP contribution in [0.15, 0.2) is 30.6 Å². The van der Waals surface area contributed by atoms with Crippen molar-refractivity contribution in [2.45, 2.75) is 6.54 Å². The number of rotatable bonds is 3. The van der Waals surface area contributed by atoms with Crippen LogP contribution in [0.2, 0.25) is 5.02 Å². The van der Waals surface area contributed by atoms with Gasteiger partial charge in [0.2, 0.25) is 0 Å². The number of phenols is 1. The largest absolute Gasteiger partial charge is 0.506 e. The van der Waals surface area contributed by atoms with Crippen molar-refractivity contribution in [1.29, 1.82) is 0 Å². The van der Waals surface area contributed by atoms with E-state index in [4.69, 9.17) is 11.6 Å². The summed E-state index contributed by atoms with van der Waals surface area (Å²) in [6.07, 6.45) is 3.46. The van der Waals surface area contributed by atoms with Gasteiger partial charge in [-0.2, -0.15) is 5.10 Å². The Kier molecular flexibility index (Phi) is 2.78. The smallest absolute Gasteiger partial charge is 0.134 e. The van der Waals surface area contributed by atoms with Crippen LogP contribution in [0.5, 0.6) is 5.75 Å². The number of aromatic amines is 1. The first-order valence-corrected chi connectivity index (χ1v) is 4.83. The highest BCUT2D eigenvalue weighted by Gasteiger charge is 2.00. The molecule has 1 aromatic carbocycles. The molecule has 5 heteroatoms. The van der Waals surface area contributed by atoms with Crippen molar-refractivity contribution in [1.82, 2.24) is 10.2 Å². The Labute approximate surface area is 91.9 Å². The molecule has 0 bridgehead atoms. The Bertz CT molecular complexity index is 442. The fraction of sp³-hybridized carbons (Fsp3) is 0.100. The molecule has 2 rings (SSSR count). The number of benzene rings is 1. The van der Waals surface area contributed by atoms with Crippen molar-refractivity contribution in [3.63, 3.8) is 0 Å². The molecular formula is C10H10ClN3O. The van der Waals surface area contributed by atoms with Gasteiger partial charge in [0.05, 0.1) is 16.9 Å². The minimum Gasteiger partial charge on any atom is -0.506 e. The highest BCUT2D eigenvalue weighted by atomic mass is 35.5. The van der Waals surface area contributed by atoms with E-state index in [1.165, 1.54) is 0 Å². The molecule has 4 nitrogen and oxygen atoms in total. The third-order valence-electron chi connectivity index (χ3n) is 2.01. The Morgan fingerprint density at radius 3 is 3.00 bits per heavy atom. The summed E-state index contributed by atoms with van der Waals surface area (Å²) in [5, 5.41) is 19.3. The summed E-state index contributed by atoms with van der Waals surface area (Å²) >= 11 is 5.78. The van der Waals surface area contributed by atoms with E-state index < -0.39 is 0 Å². The molecule has 0 aliphatic heterocycles. The van der Waals surface area contributed by atoms with E-state index in [9.17, 15) is 5.11 Å². The Balaban J connectivity index is 2.02. The van der Waals surface area contributed by atoms with E-state index in [-0.39, 0.29) is 5.75 Å². The highest BCUT2D eigenvalue weighted by molar-refractivity contribution is 6.32. The number of anilines is 1. The molecule has 1 aromatic heterocycles. The second-order valence-electron chi connectivity index (χ2n) is 3.13. The number of aromatic nitrogens is 2. The highest BCUT2D eigenvalue weighted by Crippen LogP contribution is 2.23. The van der Waals surface area contributed by atoms with E-state index in [1.54, 1.807) is 24.5 Å². The van der Waals surface area contributed by atoms with E-state index in [0.717, 1.165) is 11.3 Å². The molecule has 0 unspecified atom stereocenters. The summed E-state index contributed by atoms with van der Waals surface area (Å²) in [6, 6.07) is 5.12. The lowest BCUT2D eigenvalue weighted by Gasteiger charge is -2.04. The summed E-state index contributed by atoms with van der Waals surface area (Å²) in [5.74, 6) is 0.101. The third kappa shape index (κ3) is 2.41. The quantitative estimate of drug-likeness (QED) is 0.749. The molecule has 0 radical (unpaired) electrons. The standard InChI is InChI=1S/C10H10ClN3O/c11-9-3-7(1-2-10(9)15)4-12-8-5-13-14-6-8/h1-3,5-6,12,15H,4H2,(H,13,14). The van der Waals surface area contributed by atoms with E-state index in [0.29, 0.717) is 11.6 Å². The van der Waals surface area contributed by atoms with Gasteiger partial charge in [0.25, 0.3) is 0 Å². The van der Waals surface area contributed by atoms with Crippen molar-refractivity contribution >= 4 is 17.3 Å². The summed E-state index contributed by atoms with van der Waals surface area (Å²) in [6.45, 7) is 0.638. The normalized spacial score (nSPS) is 10.2. The van der Waals surface area contributed by atoms with E-state index in [2.05, 4.69) is 15.5 Å². The predicted octanol–water partition coefficient (Wildman–Crippen LogP) is 2.38. The van der Waals surface area contributed by atoms with Gasteiger partial charge in [0.1, 0.15) is 5.75 Å². The van der Waals surface area contributed by atoms with E-state index in [1.807, 2.05) is 6.07 Å². The lowest BCUT2D eigenvalue weighted by molar-refractivity contribution is 0.475. The monoisotopic (exact) mass is 223 g/mol. The molecule has 0 saturated carbocycles. The second-order valence-corrected chi connectivity index (χ2v) is 3.53. The number of H-pyrrole nitrogens is 1. The number of nitrogens with one attached hydrogen (secondary N) is 2. The van der Waals surface area contributed by atoms with Crippen LogP contribution in [0.25, 0.3) is 0 Å². The zero-order chi connectivity index (χ0) is 10.7. The molecule has 0 spiro atoms. The van der Waals surface area contributed by atoms with Crippen LogP contribution >= 0.6 is 11.6 Å². The van der Waals surface area contributed by atoms with Gasteiger partial charge >= 0.3 is 0 Å². The number of nitrogens with zero attached hydrogens (tertiary/aromatic N) is 1. The minimum absolute atomic E-state index is 0.101. The molecule has 2 aromatic rings. The molecule has 3 N–H and O–H groups in total. The van der Waals surface area contributed by atoms with Gasteiger partial charge in [-0.3, -0.25) is 5.10 Å². The van der Waals surface area contributed by atoms with Crippen molar-refractivity contribution < 1.29 is 5.11 Å². The first-order chi connectivity index (χ1) is 7.25. The fourth-order valence-electron chi connectivity index (χ4n) is 1.21. The van der Waals surface area contributed by atoms with Crippen molar-refractivity contribution in [2.75, 3.05) is 5.32 Å². The van der Waals surface area contributed by atoms with Crippen LogP contribution in [0.3, 0.4) is 0 Å². The van der Waals surface area contributed by atoms with Gasteiger partial charge in [-0.05, 0) is 17.7 Å². The molecule has 15 heavy (non-hydrogen) atoms. The molecule has 1 heterocycles. The van der Waals surface area contributed by atoms with E-state index >= 15 is 0 Å². The molecule has 78 valence electrons. The second kappa shape index (κ2) is 4.23. The minimum atomic E-state index is 0.101. The summed E-state index contributed by atoms with van der Waals surface area (Å²) in [4.78, 5) is 0. The van der Waals surface area contributed by atoms with Crippen LogP contribution in [0, 0.1) is 0 Å². The van der Waals surface area contributed by atoms with Gasteiger partial charge < -0.3 is 10.4 Å². The lowest BCUT2D eigenvalue weighted by atomic mass is 10.2. The van der Waals surface area contributed by atoms with Crippen molar-refractivity contribution in [2.24, 2.45) is 0 Å². The number of hydrogen-bond donors (Lipinski definition) is 3. The number of aromatic hydroxyl groups is 1. The van der Waals surface area contributed by atoms with Crippen LogP contribution < -0.4 is 5.32 Å². The zero-order valence-electron chi connectivity index (χ0n) is 7.87. The zero-order valence-corrected chi connectivity index (χ0v) is 8.62. The maximum atomic E-state index is 9.23. The average molecular weight is 224 g/mol. The molecular weight excluding hydrogens is 214 g/mol. The molecule has 0 atom stereocenters. The third-order valence-corrected chi connectivity index (χ3v) is 2.31. The maximum absolute atomic E-state index is 9.23. The van der Waals surface area contributed by atoms with Gasteiger partial charge in [0.15, 0.2) is 0 Å². The van der Waals surface area contributed by atoms with Gasteiger partial charge in [-0.1, -0.05) is 17.7 Å². The van der Waals surface area contributed by atoms with Gasteiger partial charge in [-0.25, -0.2) is 0 Å². The predicted molar refractivity (Wildman–Crippen MR) is 59.0 cm³/mol. The molecule has 0 fully saturated rings. The van der Waals surface area contributed by atoms with Gasteiger partial charge in [0, 0.05) is 12.7 Å². The Hall–Kier alpha value is -1.68. The maximum Gasteiger partial charge on any atom is 0.134 e. The first kappa shape index (κ1) is 9.86. The van der Waals surface area contributed by atoms with Crippen LogP contribution in [0.1, 0.15) is 5.56 Å². The Morgan fingerprint density at radius 2 is 2.33 bits per heavy atom. The molecule has 0 amide bonds. The van der Waals surface area contributed by atoms with Crippen LogP contribution in [0.4, 0.5) is 5.69 Å². The summed E-state index contributed by atoms with van der Waals surface area (Å²) in [5.41, 5.74) is 1.91. The number of hydrogen-bond acceptors (Lipinski definition) is 3. The van der Waals surface area contributed by atoms with Crippen molar-refractivity contribution in [3.8, 4) is 5.75 Å². The van der Waals surface area contributed by atoms with Crippen LogP contribution in [-0.4, -0.2) is 15.3 Å². The molecule has 0 aliphatic carbocycles. The van der Waals surface area contributed by atoms with Gasteiger partial charge in [-0.15, -0.1) is 0 Å². The Morgan fingerprint density at radius 1 is 1.47 bits per heavy atom. The lowest BCUT2D eigenvalue weighted by Crippen LogP contribution is -1.97. The molecule has 0 saturated heterocycles. The van der Waals surface area contributed by atoms with Crippen molar-refractivity contribution in [3.05, 3.63) is 41.2 Å². The topological polar surface area (TPSA) is 60.9 Å². The molecule has 0 aliphatic rings. The summed E-state index contributed by atoms with van der Waals surface area (Å²) < 4.78 is 0. The number of halogens is 1. The number of phenolic OH excluding ortho intramolecular Hbond substituents is 1. The van der Waals surface area contributed by atoms with Crippen LogP contribution in [-0.2, 0) is 6.54 Å². The SMILES string of the molecule is Oc1ccc(CNc2cn[nH]c2)cc1Cl. The average Bonchev–Trinajstić information content (AvgIpc) is 2.73. The first-order valence-electron chi connectivity index (χ1n) is 4.46.